The Bertz CT molecular complexity index is 829. The van der Waals surface area contributed by atoms with Gasteiger partial charge in [-0.3, -0.25) is 0 Å². The van der Waals surface area contributed by atoms with Crippen LogP contribution in [0.25, 0.3) is 0 Å². The van der Waals surface area contributed by atoms with Gasteiger partial charge in [0.25, 0.3) is 0 Å². The quantitative estimate of drug-likeness (QED) is 0.870. The Morgan fingerprint density at radius 1 is 1.31 bits per heavy atom. The van der Waals surface area contributed by atoms with Crippen molar-refractivity contribution in [2.24, 2.45) is 0 Å². The maximum Gasteiger partial charge on any atom is 0.132 e. The van der Waals surface area contributed by atoms with Crippen LogP contribution in [0.3, 0.4) is 0 Å². The Balaban J connectivity index is 1.80. The zero-order valence-electron chi connectivity index (χ0n) is 15.5. The van der Waals surface area contributed by atoms with Gasteiger partial charge in [-0.2, -0.15) is 5.26 Å². The number of aryl methyl sites for hydroxylation is 1. The third kappa shape index (κ3) is 4.20. The molecule has 1 aliphatic heterocycles. The number of nitriles is 1. The van der Waals surface area contributed by atoms with Crippen molar-refractivity contribution in [2.45, 2.75) is 39.0 Å². The number of aromatic nitrogens is 2. The number of allylic oxidation sites excluding steroid dienone is 1. The topological polar surface area (TPSA) is 64.8 Å². The Hall–Kier alpha value is -2.87. The van der Waals surface area contributed by atoms with E-state index < -0.39 is 0 Å². The molecule has 1 fully saturated rings. The number of pyridine rings is 2. The second-order valence-electron chi connectivity index (χ2n) is 6.79. The fourth-order valence-corrected chi connectivity index (χ4v) is 3.39. The Kier molecular flexibility index (Phi) is 5.52. The van der Waals surface area contributed by atoms with Crippen LogP contribution in [0, 0.1) is 11.3 Å². The number of rotatable bonds is 5. The van der Waals surface area contributed by atoms with Crippen molar-refractivity contribution in [2.75, 3.05) is 18.4 Å². The fraction of sp³-hybridized carbons (Fsp3) is 0.381. The molecule has 1 aliphatic rings. The largest absolute Gasteiger partial charge is 0.375 e. The molecule has 134 valence electrons. The molecule has 5 nitrogen and oxygen atoms in total. The van der Waals surface area contributed by atoms with E-state index in [0.29, 0.717) is 17.3 Å². The number of anilines is 2. The molecule has 0 aliphatic carbocycles. The molecule has 2 aromatic rings. The smallest absolute Gasteiger partial charge is 0.132 e. The highest BCUT2D eigenvalue weighted by Crippen LogP contribution is 2.31. The lowest BCUT2D eigenvalue weighted by molar-refractivity contribution is 0.264. The molecule has 0 atom stereocenters. The van der Waals surface area contributed by atoms with Gasteiger partial charge in [-0.25, -0.2) is 9.97 Å². The molecule has 3 heterocycles. The third-order valence-electron chi connectivity index (χ3n) is 4.91. The van der Waals surface area contributed by atoms with Crippen LogP contribution in [0.4, 0.5) is 11.6 Å². The average molecular weight is 347 g/mol. The molecule has 5 heteroatoms. The summed E-state index contributed by atoms with van der Waals surface area (Å²) < 4.78 is 0. The van der Waals surface area contributed by atoms with Crippen molar-refractivity contribution in [3.05, 3.63) is 59.6 Å². The Morgan fingerprint density at radius 3 is 2.73 bits per heavy atom. The summed E-state index contributed by atoms with van der Waals surface area (Å²) in [5.41, 5.74) is 4.14. The summed E-state index contributed by atoms with van der Waals surface area (Å²) in [6, 6.07) is 9.93. The Labute approximate surface area is 155 Å². The average Bonchev–Trinajstić information content (AvgIpc) is 2.68. The predicted octanol–water partition coefficient (Wildman–Crippen LogP) is 4.37. The van der Waals surface area contributed by atoms with E-state index in [2.05, 4.69) is 58.8 Å². The standard InChI is InChI=1S/C21H25N5/c1-4-19-12-18(17-6-9-26(10-7-17)15(2)3)13-21(24-19)25-20-11-16(14-22)5-8-23-20/h5,8,11-13,17H,2,4,6-7,9-10H2,1,3H3,(H,23,24,25). The van der Waals surface area contributed by atoms with Crippen LogP contribution >= 0.6 is 0 Å². The fourth-order valence-electron chi connectivity index (χ4n) is 3.39. The molecule has 1 N–H and O–H groups in total. The lowest BCUT2D eigenvalue weighted by Gasteiger charge is -2.34. The maximum absolute atomic E-state index is 9.05. The number of nitrogens with one attached hydrogen (secondary N) is 1. The molecule has 0 radical (unpaired) electrons. The minimum Gasteiger partial charge on any atom is -0.375 e. The minimum atomic E-state index is 0.540. The molecule has 0 bridgehead atoms. The molecule has 0 unspecified atom stereocenters. The summed E-state index contributed by atoms with van der Waals surface area (Å²) in [5.74, 6) is 1.98. The first-order valence-electron chi connectivity index (χ1n) is 9.13. The zero-order chi connectivity index (χ0) is 18.5. The maximum atomic E-state index is 9.05. The zero-order valence-corrected chi connectivity index (χ0v) is 15.5. The lowest BCUT2D eigenvalue weighted by atomic mass is 9.89. The first-order chi connectivity index (χ1) is 12.6. The van der Waals surface area contributed by atoms with Gasteiger partial charge in [-0.1, -0.05) is 13.5 Å². The number of nitrogens with zero attached hydrogens (tertiary/aromatic N) is 4. The molecule has 3 rings (SSSR count). The lowest BCUT2D eigenvalue weighted by Crippen LogP contribution is -2.31. The van der Waals surface area contributed by atoms with Crippen LogP contribution in [0.5, 0.6) is 0 Å². The van der Waals surface area contributed by atoms with E-state index in [1.807, 2.05) is 0 Å². The molecule has 0 saturated carbocycles. The minimum absolute atomic E-state index is 0.540. The number of hydrogen-bond acceptors (Lipinski definition) is 5. The van der Waals surface area contributed by atoms with Crippen molar-refractivity contribution >= 4 is 11.6 Å². The first-order valence-corrected chi connectivity index (χ1v) is 9.13. The molecule has 0 aromatic carbocycles. The number of hydrogen-bond donors (Lipinski definition) is 1. The van der Waals surface area contributed by atoms with Gasteiger partial charge >= 0.3 is 0 Å². The van der Waals surface area contributed by atoms with Gasteiger partial charge in [0, 0.05) is 30.7 Å². The van der Waals surface area contributed by atoms with Gasteiger partial charge in [0.05, 0.1) is 11.6 Å². The van der Waals surface area contributed by atoms with E-state index in [0.717, 1.165) is 49.6 Å². The summed E-state index contributed by atoms with van der Waals surface area (Å²) in [6.07, 6.45) is 4.78. The van der Waals surface area contributed by atoms with E-state index in [1.54, 1.807) is 18.3 Å². The highest BCUT2D eigenvalue weighted by atomic mass is 15.1. The number of likely N-dealkylation sites (tertiary alicyclic amines) is 1. The summed E-state index contributed by atoms with van der Waals surface area (Å²) in [5, 5.41) is 12.3. The predicted molar refractivity (Wildman–Crippen MR) is 104 cm³/mol. The Morgan fingerprint density at radius 2 is 2.08 bits per heavy atom. The summed E-state index contributed by atoms with van der Waals surface area (Å²) in [4.78, 5) is 11.3. The van der Waals surface area contributed by atoms with E-state index >= 15 is 0 Å². The SMILES string of the molecule is C=C(C)N1CCC(c2cc(CC)nc(Nc3cc(C#N)ccn3)c2)CC1. The van der Waals surface area contributed by atoms with Gasteiger partial charge in [0.15, 0.2) is 0 Å². The molecule has 0 spiro atoms. The van der Waals surface area contributed by atoms with Gasteiger partial charge in [-0.15, -0.1) is 0 Å². The molecule has 0 amide bonds. The van der Waals surface area contributed by atoms with Crippen molar-refractivity contribution < 1.29 is 0 Å². The third-order valence-corrected chi connectivity index (χ3v) is 4.91. The van der Waals surface area contributed by atoms with Crippen LogP contribution < -0.4 is 5.32 Å². The molecular formula is C21H25N5. The van der Waals surface area contributed by atoms with E-state index in [1.165, 1.54) is 5.56 Å². The monoisotopic (exact) mass is 347 g/mol. The normalized spacial score (nSPS) is 14.7. The van der Waals surface area contributed by atoms with Gasteiger partial charge < -0.3 is 10.2 Å². The summed E-state index contributed by atoms with van der Waals surface area (Å²) in [6.45, 7) is 10.4. The van der Waals surface area contributed by atoms with Crippen molar-refractivity contribution in [1.82, 2.24) is 14.9 Å². The molecule has 2 aromatic heterocycles. The van der Waals surface area contributed by atoms with E-state index in [4.69, 9.17) is 5.26 Å². The van der Waals surface area contributed by atoms with E-state index in [-0.39, 0.29) is 0 Å². The van der Waals surface area contributed by atoms with Crippen LogP contribution in [-0.2, 0) is 6.42 Å². The van der Waals surface area contributed by atoms with Gasteiger partial charge in [0.2, 0.25) is 0 Å². The first kappa shape index (κ1) is 17.9. The molecular weight excluding hydrogens is 322 g/mol. The molecule has 1 saturated heterocycles. The highest BCUT2D eigenvalue weighted by Gasteiger charge is 2.21. The summed E-state index contributed by atoms with van der Waals surface area (Å²) in [7, 11) is 0. The van der Waals surface area contributed by atoms with Crippen molar-refractivity contribution in [3.8, 4) is 6.07 Å². The second kappa shape index (κ2) is 8.01. The van der Waals surface area contributed by atoms with Crippen LogP contribution in [0.15, 0.2) is 42.7 Å². The second-order valence-corrected chi connectivity index (χ2v) is 6.79. The van der Waals surface area contributed by atoms with Crippen molar-refractivity contribution in [3.63, 3.8) is 0 Å². The van der Waals surface area contributed by atoms with Crippen LogP contribution in [0.2, 0.25) is 0 Å². The van der Waals surface area contributed by atoms with Gasteiger partial charge in [-0.05, 0) is 61.9 Å². The van der Waals surface area contributed by atoms with Gasteiger partial charge in [0.1, 0.15) is 11.6 Å². The summed E-state index contributed by atoms with van der Waals surface area (Å²) >= 11 is 0. The molecule has 26 heavy (non-hydrogen) atoms. The highest BCUT2D eigenvalue weighted by molar-refractivity contribution is 5.55. The van der Waals surface area contributed by atoms with Crippen LogP contribution in [0.1, 0.15) is 49.4 Å². The van der Waals surface area contributed by atoms with E-state index in [9.17, 15) is 0 Å². The van der Waals surface area contributed by atoms with Crippen molar-refractivity contribution in [1.29, 1.82) is 5.26 Å². The number of piperidine rings is 1. The van der Waals surface area contributed by atoms with Crippen LogP contribution in [-0.4, -0.2) is 28.0 Å².